The SMILES string of the molecule is Cc1cc(Nc2ccc(F)c(C#N)c2)ccc1C(=O)O. The summed E-state index contributed by atoms with van der Waals surface area (Å²) in [4.78, 5) is 10.9. The number of nitrogens with one attached hydrogen (secondary N) is 1. The van der Waals surface area contributed by atoms with E-state index >= 15 is 0 Å². The van der Waals surface area contributed by atoms with Gasteiger partial charge in [-0.1, -0.05) is 0 Å². The van der Waals surface area contributed by atoms with Crippen molar-refractivity contribution in [1.29, 1.82) is 5.26 Å². The Kier molecular flexibility index (Phi) is 3.67. The molecular weight excluding hydrogens is 259 g/mol. The number of nitrogens with zero attached hydrogens (tertiary/aromatic N) is 1. The van der Waals surface area contributed by atoms with Crippen LogP contribution in [0.3, 0.4) is 0 Å². The van der Waals surface area contributed by atoms with Crippen molar-refractivity contribution in [3.63, 3.8) is 0 Å². The summed E-state index contributed by atoms with van der Waals surface area (Å²) in [7, 11) is 0. The normalized spacial score (nSPS) is 9.85. The summed E-state index contributed by atoms with van der Waals surface area (Å²) < 4.78 is 13.2. The summed E-state index contributed by atoms with van der Waals surface area (Å²) in [6, 6.07) is 10.7. The first-order valence-electron chi connectivity index (χ1n) is 5.82. The Labute approximate surface area is 115 Å². The summed E-state index contributed by atoms with van der Waals surface area (Å²) in [6.07, 6.45) is 0. The van der Waals surface area contributed by atoms with Crippen LogP contribution >= 0.6 is 0 Å². The molecule has 2 aromatic carbocycles. The van der Waals surface area contributed by atoms with Crippen LogP contribution in [0, 0.1) is 24.1 Å². The summed E-state index contributed by atoms with van der Waals surface area (Å²) in [5, 5.41) is 20.7. The van der Waals surface area contributed by atoms with Crippen molar-refractivity contribution in [3.8, 4) is 6.07 Å². The minimum atomic E-state index is -0.984. The zero-order valence-electron chi connectivity index (χ0n) is 10.6. The molecule has 0 aliphatic heterocycles. The van der Waals surface area contributed by atoms with Gasteiger partial charge in [-0.25, -0.2) is 9.18 Å². The standard InChI is InChI=1S/C15H11FN2O2/c1-9-6-11(2-4-13(9)15(19)20)18-12-3-5-14(16)10(7-12)8-17/h2-7,18H,1H3,(H,19,20). The molecule has 2 aromatic rings. The molecule has 5 heteroatoms. The van der Waals surface area contributed by atoms with Crippen molar-refractivity contribution in [1.82, 2.24) is 0 Å². The molecule has 0 amide bonds. The highest BCUT2D eigenvalue weighted by molar-refractivity contribution is 5.90. The molecule has 4 nitrogen and oxygen atoms in total. The summed E-state index contributed by atoms with van der Waals surface area (Å²) in [6.45, 7) is 1.69. The molecule has 0 aliphatic carbocycles. The van der Waals surface area contributed by atoms with Crippen LogP contribution in [0.4, 0.5) is 15.8 Å². The largest absolute Gasteiger partial charge is 0.478 e. The minimum absolute atomic E-state index is 0.0473. The number of carboxylic acid groups (broad SMARTS) is 1. The van der Waals surface area contributed by atoms with Gasteiger partial charge in [-0.3, -0.25) is 0 Å². The average molecular weight is 270 g/mol. The first-order valence-corrected chi connectivity index (χ1v) is 5.82. The number of halogens is 1. The van der Waals surface area contributed by atoms with E-state index in [0.29, 0.717) is 16.9 Å². The number of aromatic carboxylic acids is 1. The molecule has 0 saturated heterocycles. The molecule has 0 saturated carbocycles. The van der Waals surface area contributed by atoms with Crippen LogP contribution in [0.15, 0.2) is 36.4 Å². The van der Waals surface area contributed by atoms with E-state index in [1.165, 1.54) is 24.3 Å². The van der Waals surface area contributed by atoms with Gasteiger partial charge in [0, 0.05) is 11.4 Å². The predicted molar refractivity (Wildman–Crippen MR) is 72.5 cm³/mol. The Morgan fingerprint density at radius 2 is 1.90 bits per heavy atom. The first kappa shape index (κ1) is 13.6. The highest BCUT2D eigenvalue weighted by atomic mass is 19.1. The van der Waals surface area contributed by atoms with Crippen LogP contribution in [0.2, 0.25) is 0 Å². The molecule has 0 spiro atoms. The van der Waals surface area contributed by atoms with Crippen molar-refractivity contribution >= 4 is 17.3 Å². The fraction of sp³-hybridized carbons (Fsp3) is 0.0667. The van der Waals surface area contributed by atoms with E-state index in [9.17, 15) is 9.18 Å². The summed E-state index contributed by atoms with van der Waals surface area (Å²) in [5.41, 5.74) is 2.03. The Hall–Kier alpha value is -2.87. The number of carbonyl (C=O) groups is 1. The molecule has 2 rings (SSSR count). The van der Waals surface area contributed by atoms with Crippen molar-refractivity contribution in [2.45, 2.75) is 6.92 Å². The Bertz CT molecular complexity index is 720. The van der Waals surface area contributed by atoms with Gasteiger partial charge in [0.25, 0.3) is 0 Å². The minimum Gasteiger partial charge on any atom is -0.478 e. The summed E-state index contributed by atoms with van der Waals surface area (Å²) in [5.74, 6) is -1.56. The lowest BCUT2D eigenvalue weighted by Crippen LogP contribution is -2.00. The number of aryl methyl sites for hydroxylation is 1. The lowest BCUT2D eigenvalue weighted by molar-refractivity contribution is 0.0696. The number of hydrogen-bond acceptors (Lipinski definition) is 3. The molecule has 0 aromatic heterocycles. The average Bonchev–Trinajstić information content (AvgIpc) is 2.40. The van der Waals surface area contributed by atoms with Crippen molar-refractivity contribution in [3.05, 3.63) is 58.9 Å². The molecule has 0 radical (unpaired) electrons. The molecule has 100 valence electrons. The van der Waals surface area contributed by atoms with Gasteiger partial charge in [0.2, 0.25) is 0 Å². The maximum Gasteiger partial charge on any atom is 0.335 e. The van der Waals surface area contributed by atoms with Gasteiger partial charge < -0.3 is 10.4 Å². The quantitative estimate of drug-likeness (QED) is 0.895. The van der Waals surface area contributed by atoms with Crippen LogP contribution in [0.1, 0.15) is 21.5 Å². The highest BCUT2D eigenvalue weighted by Crippen LogP contribution is 2.21. The van der Waals surface area contributed by atoms with E-state index in [4.69, 9.17) is 10.4 Å². The second-order valence-electron chi connectivity index (χ2n) is 4.27. The third kappa shape index (κ3) is 2.75. The third-order valence-electron chi connectivity index (χ3n) is 2.83. The lowest BCUT2D eigenvalue weighted by atomic mass is 10.1. The number of rotatable bonds is 3. The van der Waals surface area contributed by atoms with Gasteiger partial charge in [-0.2, -0.15) is 5.26 Å². The molecule has 20 heavy (non-hydrogen) atoms. The van der Waals surface area contributed by atoms with E-state index in [1.54, 1.807) is 25.1 Å². The number of benzene rings is 2. The predicted octanol–water partition coefficient (Wildman–Crippen LogP) is 3.45. The molecule has 0 bridgehead atoms. The second kappa shape index (κ2) is 5.41. The monoisotopic (exact) mass is 270 g/mol. The Morgan fingerprint density at radius 3 is 2.50 bits per heavy atom. The summed E-state index contributed by atoms with van der Waals surface area (Å²) >= 11 is 0. The maximum absolute atomic E-state index is 13.2. The molecule has 0 heterocycles. The van der Waals surface area contributed by atoms with Crippen LogP contribution in [-0.4, -0.2) is 11.1 Å². The Balaban J connectivity index is 2.29. The van der Waals surface area contributed by atoms with E-state index in [0.717, 1.165) is 0 Å². The van der Waals surface area contributed by atoms with E-state index < -0.39 is 11.8 Å². The molecule has 2 N–H and O–H groups in total. The van der Waals surface area contributed by atoms with Crippen LogP contribution in [0.25, 0.3) is 0 Å². The van der Waals surface area contributed by atoms with E-state index in [-0.39, 0.29) is 11.1 Å². The fourth-order valence-corrected chi connectivity index (χ4v) is 1.84. The van der Waals surface area contributed by atoms with Crippen LogP contribution in [0.5, 0.6) is 0 Å². The van der Waals surface area contributed by atoms with Crippen molar-refractivity contribution in [2.24, 2.45) is 0 Å². The van der Waals surface area contributed by atoms with Crippen LogP contribution < -0.4 is 5.32 Å². The topological polar surface area (TPSA) is 73.1 Å². The number of hydrogen-bond donors (Lipinski definition) is 2. The van der Waals surface area contributed by atoms with Crippen molar-refractivity contribution in [2.75, 3.05) is 5.32 Å². The zero-order chi connectivity index (χ0) is 14.7. The van der Waals surface area contributed by atoms with Gasteiger partial charge in [0.15, 0.2) is 0 Å². The number of nitriles is 1. The smallest absolute Gasteiger partial charge is 0.335 e. The second-order valence-corrected chi connectivity index (χ2v) is 4.27. The van der Waals surface area contributed by atoms with Gasteiger partial charge >= 0.3 is 5.97 Å². The fourth-order valence-electron chi connectivity index (χ4n) is 1.84. The zero-order valence-corrected chi connectivity index (χ0v) is 10.6. The van der Waals surface area contributed by atoms with Gasteiger partial charge in [0.1, 0.15) is 11.9 Å². The highest BCUT2D eigenvalue weighted by Gasteiger charge is 2.08. The molecule has 0 atom stereocenters. The lowest BCUT2D eigenvalue weighted by Gasteiger charge is -2.09. The van der Waals surface area contributed by atoms with Gasteiger partial charge in [-0.05, 0) is 48.9 Å². The van der Waals surface area contributed by atoms with Crippen molar-refractivity contribution < 1.29 is 14.3 Å². The first-order chi connectivity index (χ1) is 9.51. The van der Waals surface area contributed by atoms with E-state index in [2.05, 4.69) is 5.32 Å². The molecule has 0 fully saturated rings. The molecular formula is C15H11FN2O2. The Morgan fingerprint density at radius 1 is 1.25 bits per heavy atom. The van der Waals surface area contributed by atoms with Crippen LogP contribution in [-0.2, 0) is 0 Å². The third-order valence-corrected chi connectivity index (χ3v) is 2.83. The molecule has 0 aliphatic rings. The van der Waals surface area contributed by atoms with Gasteiger partial charge in [-0.15, -0.1) is 0 Å². The molecule has 0 unspecified atom stereocenters. The van der Waals surface area contributed by atoms with E-state index in [1.807, 2.05) is 0 Å². The van der Waals surface area contributed by atoms with Gasteiger partial charge in [0.05, 0.1) is 11.1 Å². The maximum atomic E-state index is 13.2. The number of carboxylic acids is 1. The number of anilines is 2.